The Bertz CT molecular complexity index is 1120. The molecule has 2 aromatic rings. The molecule has 1 unspecified atom stereocenters. The third kappa shape index (κ3) is 7.25. The highest BCUT2D eigenvalue weighted by Crippen LogP contribution is 2.41. The van der Waals surface area contributed by atoms with E-state index in [1.165, 1.54) is 13.0 Å². The maximum atomic E-state index is 13.8. The standard InChI is InChI=1S/C25H22BrCl3F3NO2/c1-14(34)33-8-6-16(7-9-33)11-23(35)18-4-2-15(10-20(18)26)3-5-19(25(30,31)32)17-12-21(27)24(29)22(28)13-17/h2-5,10,12-13,16,19H,6-9,11H2,1H3/b5-3+. The van der Waals surface area contributed by atoms with Gasteiger partial charge >= 0.3 is 6.18 Å². The van der Waals surface area contributed by atoms with E-state index in [4.69, 9.17) is 34.8 Å². The number of benzene rings is 2. The summed E-state index contributed by atoms with van der Waals surface area (Å²) >= 11 is 21.1. The monoisotopic (exact) mass is 609 g/mol. The van der Waals surface area contributed by atoms with Gasteiger partial charge in [0.15, 0.2) is 5.78 Å². The Morgan fingerprint density at radius 3 is 2.23 bits per heavy atom. The van der Waals surface area contributed by atoms with Gasteiger partial charge in [0.25, 0.3) is 0 Å². The summed E-state index contributed by atoms with van der Waals surface area (Å²) in [6, 6.07) is 7.11. The first-order chi connectivity index (χ1) is 16.4. The van der Waals surface area contributed by atoms with Crippen LogP contribution in [0.1, 0.15) is 53.6 Å². The van der Waals surface area contributed by atoms with Gasteiger partial charge < -0.3 is 4.90 Å². The maximum Gasteiger partial charge on any atom is 0.399 e. The second-order valence-corrected chi connectivity index (χ2v) is 10.5. The highest BCUT2D eigenvalue weighted by atomic mass is 79.9. The summed E-state index contributed by atoms with van der Waals surface area (Å²) < 4.78 is 41.8. The molecule has 0 spiro atoms. The van der Waals surface area contributed by atoms with Gasteiger partial charge in [-0.05, 0) is 54.2 Å². The van der Waals surface area contributed by atoms with Crippen LogP contribution in [0.5, 0.6) is 0 Å². The van der Waals surface area contributed by atoms with Crippen LogP contribution < -0.4 is 0 Å². The van der Waals surface area contributed by atoms with E-state index in [2.05, 4.69) is 15.9 Å². The maximum absolute atomic E-state index is 13.8. The Labute approximate surface area is 225 Å². The average molecular weight is 612 g/mol. The Kier molecular flexibility index (Phi) is 9.35. The quantitative estimate of drug-likeness (QED) is 0.242. The highest BCUT2D eigenvalue weighted by molar-refractivity contribution is 9.10. The van der Waals surface area contributed by atoms with Crippen LogP contribution in [0, 0.1) is 5.92 Å². The number of allylic oxidation sites excluding steroid dienone is 1. The summed E-state index contributed by atoms with van der Waals surface area (Å²) in [7, 11) is 0. The first kappa shape index (κ1) is 28.0. The molecule has 1 fully saturated rings. The van der Waals surface area contributed by atoms with Crippen molar-refractivity contribution in [2.45, 2.75) is 38.3 Å². The lowest BCUT2D eigenvalue weighted by Gasteiger charge is -2.31. The van der Waals surface area contributed by atoms with Crippen molar-refractivity contribution < 1.29 is 22.8 Å². The van der Waals surface area contributed by atoms with Crippen molar-refractivity contribution in [2.24, 2.45) is 5.92 Å². The van der Waals surface area contributed by atoms with Crippen LogP contribution in [-0.2, 0) is 4.79 Å². The molecule has 0 aliphatic carbocycles. The SMILES string of the molecule is CC(=O)N1CCC(CC(=O)c2ccc(/C=C/C(c3cc(Cl)c(Cl)c(Cl)c3)C(F)(F)F)cc2Br)CC1. The summed E-state index contributed by atoms with van der Waals surface area (Å²) in [5.41, 5.74) is 0.832. The number of Topliss-reactive ketones (excluding diaryl/α,β-unsaturated/α-hetero) is 1. The molecule has 1 amide bonds. The number of nitrogens with zero attached hydrogens (tertiary/aromatic N) is 1. The van der Waals surface area contributed by atoms with E-state index in [0.29, 0.717) is 35.1 Å². The zero-order valence-electron chi connectivity index (χ0n) is 18.6. The third-order valence-corrected chi connectivity index (χ3v) is 7.88. The topological polar surface area (TPSA) is 37.4 Å². The molecular weight excluding hydrogens is 590 g/mol. The summed E-state index contributed by atoms with van der Waals surface area (Å²) in [4.78, 5) is 26.1. The molecule has 35 heavy (non-hydrogen) atoms. The lowest BCUT2D eigenvalue weighted by atomic mass is 9.89. The normalized spacial score (nSPS) is 16.1. The van der Waals surface area contributed by atoms with Crippen LogP contribution in [0.3, 0.4) is 0 Å². The van der Waals surface area contributed by atoms with E-state index in [0.717, 1.165) is 31.1 Å². The van der Waals surface area contributed by atoms with Crippen molar-refractivity contribution in [1.29, 1.82) is 0 Å². The average Bonchev–Trinajstić information content (AvgIpc) is 2.77. The predicted octanol–water partition coefficient (Wildman–Crippen LogP) is 8.60. The number of amides is 1. The number of likely N-dealkylation sites (tertiary alicyclic amines) is 1. The van der Waals surface area contributed by atoms with Gasteiger partial charge in [-0.25, -0.2) is 0 Å². The first-order valence-corrected chi connectivity index (χ1v) is 12.8. The van der Waals surface area contributed by atoms with Crippen molar-refractivity contribution >= 4 is 68.5 Å². The molecule has 1 atom stereocenters. The molecule has 1 aliphatic rings. The van der Waals surface area contributed by atoms with Gasteiger partial charge in [0.05, 0.1) is 21.0 Å². The Morgan fingerprint density at radius 2 is 1.71 bits per heavy atom. The van der Waals surface area contributed by atoms with E-state index in [1.54, 1.807) is 23.1 Å². The molecule has 0 saturated carbocycles. The molecule has 0 N–H and O–H groups in total. The summed E-state index contributed by atoms with van der Waals surface area (Å²) in [6.07, 6.45) is -0.342. The number of rotatable bonds is 6. The van der Waals surface area contributed by atoms with Crippen LogP contribution >= 0.6 is 50.7 Å². The zero-order chi connectivity index (χ0) is 25.9. The molecule has 2 aromatic carbocycles. The Morgan fingerprint density at radius 1 is 1.11 bits per heavy atom. The minimum Gasteiger partial charge on any atom is -0.343 e. The van der Waals surface area contributed by atoms with Crippen molar-refractivity contribution in [3.8, 4) is 0 Å². The number of carbonyl (C=O) groups excluding carboxylic acids is 2. The van der Waals surface area contributed by atoms with Gasteiger partial charge in [0.1, 0.15) is 0 Å². The smallest absolute Gasteiger partial charge is 0.343 e. The number of halogens is 7. The van der Waals surface area contributed by atoms with E-state index in [9.17, 15) is 22.8 Å². The van der Waals surface area contributed by atoms with Crippen molar-refractivity contribution in [2.75, 3.05) is 13.1 Å². The van der Waals surface area contributed by atoms with Crippen LogP contribution in [0.4, 0.5) is 13.2 Å². The van der Waals surface area contributed by atoms with Crippen LogP contribution in [0.2, 0.25) is 15.1 Å². The summed E-state index contributed by atoms with van der Waals surface area (Å²) in [5.74, 6) is -1.77. The van der Waals surface area contributed by atoms with E-state index in [1.807, 2.05) is 0 Å². The van der Waals surface area contributed by atoms with Gasteiger partial charge in [-0.3, -0.25) is 9.59 Å². The fourth-order valence-corrected chi connectivity index (χ4v) is 5.29. The molecule has 1 heterocycles. The van der Waals surface area contributed by atoms with Gasteiger partial charge in [0.2, 0.25) is 5.91 Å². The third-order valence-electron chi connectivity index (χ3n) is 6.03. The highest BCUT2D eigenvalue weighted by Gasteiger charge is 2.39. The summed E-state index contributed by atoms with van der Waals surface area (Å²) in [5, 5.41) is -0.126. The lowest BCUT2D eigenvalue weighted by molar-refractivity contribution is -0.139. The second kappa shape index (κ2) is 11.7. The van der Waals surface area contributed by atoms with Crippen molar-refractivity contribution in [3.05, 3.63) is 72.6 Å². The molecule has 1 saturated heterocycles. The molecule has 3 nitrogen and oxygen atoms in total. The van der Waals surface area contributed by atoms with Gasteiger partial charge in [-0.2, -0.15) is 13.2 Å². The summed E-state index contributed by atoms with van der Waals surface area (Å²) in [6.45, 7) is 2.82. The molecular formula is C25H22BrCl3F3NO2. The molecule has 0 bridgehead atoms. The molecule has 10 heteroatoms. The van der Waals surface area contributed by atoms with E-state index >= 15 is 0 Å². The van der Waals surface area contributed by atoms with Crippen molar-refractivity contribution in [1.82, 2.24) is 4.90 Å². The molecule has 188 valence electrons. The van der Waals surface area contributed by atoms with Gasteiger partial charge in [-0.1, -0.05) is 69.0 Å². The largest absolute Gasteiger partial charge is 0.399 e. The van der Waals surface area contributed by atoms with E-state index < -0.39 is 12.1 Å². The van der Waals surface area contributed by atoms with E-state index in [-0.39, 0.29) is 38.2 Å². The minimum atomic E-state index is -4.58. The van der Waals surface area contributed by atoms with Crippen LogP contribution in [0.25, 0.3) is 6.08 Å². The number of carbonyl (C=O) groups is 2. The number of hydrogen-bond donors (Lipinski definition) is 0. The predicted molar refractivity (Wildman–Crippen MR) is 137 cm³/mol. The number of alkyl halides is 3. The van der Waals surface area contributed by atoms with Crippen LogP contribution in [-0.4, -0.2) is 35.9 Å². The fraction of sp³-hybridized carbons (Fsp3) is 0.360. The Balaban J connectivity index is 1.74. The number of hydrogen-bond acceptors (Lipinski definition) is 2. The van der Waals surface area contributed by atoms with Gasteiger partial charge in [0, 0.05) is 36.5 Å². The molecule has 0 radical (unpaired) electrons. The van der Waals surface area contributed by atoms with Gasteiger partial charge in [-0.15, -0.1) is 0 Å². The second-order valence-electron chi connectivity index (χ2n) is 8.49. The Hall–Kier alpha value is -1.54. The molecule has 0 aromatic heterocycles. The fourth-order valence-electron chi connectivity index (χ4n) is 4.06. The lowest BCUT2D eigenvalue weighted by Crippen LogP contribution is -2.37. The number of ketones is 1. The zero-order valence-corrected chi connectivity index (χ0v) is 22.5. The number of piperidine rings is 1. The minimum absolute atomic E-state index is 0.00409. The van der Waals surface area contributed by atoms with Crippen molar-refractivity contribution in [3.63, 3.8) is 0 Å². The first-order valence-electron chi connectivity index (χ1n) is 10.8. The molecule has 1 aliphatic heterocycles. The molecule has 3 rings (SSSR count). The van der Waals surface area contributed by atoms with Crippen LogP contribution in [0.15, 0.2) is 40.9 Å².